The molecule has 0 radical (unpaired) electrons. The minimum absolute atomic E-state index is 0.0761. The molecule has 2 aromatic rings. The van der Waals surface area contributed by atoms with Gasteiger partial charge in [-0.3, -0.25) is 4.79 Å². The quantitative estimate of drug-likeness (QED) is 0.862. The van der Waals surface area contributed by atoms with E-state index in [4.69, 9.17) is 4.74 Å². The summed E-state index contributed by atoms with van der Waals surface area (Å²) in [5, 5.41) is 0. The molecule has 0 spiro atoms. The molecule has 0 unspecified atom stereocenters. The lowest BCUT2D eigenvalue weighted by Gasteiger charge is -2.16. The number of carbonyl (C=O) groups is 1. The summed E-state index contributed by atoms with van der Waals surface area (Å²) in [6.45, 7) is 4.21. The van der Waals surface area contributed by atoms with Gasteiger partial charge in [-0.25, -0.2) is 9.97 Å². The molecule has 1 amide bonds. The Hall–Kier alpha value is -2.08. The first kappa shape index (κ1) is 16.3. The summed E-state index contributed by atoms with van der Waals surface area (Å²) in [6.07, 6.45) is 3.32. The minimum Gasteiger partial charge on any atom is -0.488 e. The Kier molecular flexibility index (Phi) is 5.38. The Balaban J connectivity index is 2.02. The molecule has 6 heteroatoms. The lowest BCUT2D eigenvalue weighted by atomic mass is 10.2. The van der Waals surface area contributed by atoms with Crippen LogP contribution in [0.4, 0.5) is 0 Å². The predicted molar refractivity (Wildman–Crippen MR) is 87.3 cm³/mol. The van der Waals surface area contributed by atoms with Crippen molar-refractivity contribution in [3.8, 4) is 5.75 Å². The van der Waals surface area contributed by atoms with Crippen LogP contribution in [0.1, 0.15) is 30.0 Å². The smallest absolute Gasteiger partial charge is 0.254 e. The van der Waals surface area contributed by atoms with E-state index in [0.717, 1.165) is 4.90 Å². The fourth-order valence-corrected chi connectivity index (χ4v) is 2.13. The number of hydrogen-bond acceptors (Lipinski definition) is 5. The highest BCUT2D eigenvalue weighted by molar-refractivity contribution is 7.80. The zero-order chi connectivity index (χ0) is 16.1. The molecule has 0 aliphatic rings. The SMILES string of the molecule is CC(C)Oc1cnc(CN(C)C(=O)c2cccc(S)c2)nc1. The molecule has 5 nitrogen and oxygen atoms in total. The third-order valence-electron chi connectivity index (χ3n) is 2.87. The molecule has 116 valence electrons. The summed E-state index contributed by atoms with van der Waals surface area (Å²) >= 11 is 4.25. The molecular formula is C16H19N3O2S. The molecule has 1 aromatic carbocycles. The van der Waals surface area contributed by atoms with Crippen LogP contribution in [-0.4, -0.2) is 33.9 Å². The topological polar surface area (TPSA) is 55.3 Å². The number of ether oxygens (including phenoxy) is 1. The van der Waals surface area contributed by atoms with Crippen LogP contribution in [0, 0.1) is 0 Å². The fourth-order valence-electron chi connectivity index (χ4n) is 1.90. The lowest BCUT2D eigenvalue weighted by Crippen LogP contribution is -2.27. The van der Waals surface area contributed by atoms with Crippen molar-refractivity contribution in [1.29, 1.82) is 0 Å². The van der Waals surface area contributed by atoms with Crippen LogP contribution < -0.4 is 4.74 Å². The van der Waals surface area contributed by atoms with Crippen LogP contribution in [-0.2, 0) is 6.54 Å². The van der Waals surface area contributed by atoms with E-state index in [1.165, 1.54) is 0 Å². The van der Waals surface area contributed by atoms with Gasteiger partial charge < -0.3 is 9.64 Å². The monoisotopic (exact) mass is 317 g/mol. The van der Waals surface area contributed by atoms with Crippen LogP contribution in [0.15, 0.2) is 41.6 Å². The van der Waals surface area contributed by atoms with E-state index in [1.807, 2.05) is 19.9 Å². The Morgan fingerprint density at radius 1 is 1.32 bits per heavy atom. The van der Waals surface area contributed by atoms with Gasteiger partial charge >= 0.3 is 0 Å². The van der Waals surface area contributed by atoms with Crippen LogP contribution in [0.5, 0.6) is 5.75 Å². The van der Waals surface area contributed by atoms with Crippen LogP contribution in [0.2, 0.25) is 0 Å². The summed E-state index contributed by atoms with van der Waals surface area (Å²) in [4.78, 5) is 23.1. The minimum atomic E-state index is -0.0954. The van der Waals surface area contributed by atoms with Crippen molar-refractivity contribution in [1.82, 2.24) is 14.9 Å². The third kappa shape index (κ3) is 4.46. The second-order valence-corrected chi connectivity index (χ2v) is 5.73. The molecule has 2 rings (SSSR count). The molecule has 0 atom stereocenters. The summed E-state index contributed by atoms with van der Waals surface area (Å²) in [5.74, 6) is 1.09. The molecule has 1 aromatic heterocycles. The average Bonchev–Trinajstić information content (AvgIpc) is 2.48. The van der Waals surface area contributed by atoms with Gasteiger partial charge in [0.25, 0.3) is 5.91 Å². The second-order valence-electron chi connectivity index (χ2n) is 5.21. The Labute approximate surface area is 135 Å². The molecule has 0 bridgehead atoms. The van der Waals surface area contributed by atoms with Gasteiger partial charge in [-0.15, -0.1) is 12.6 Å². The van der Waals surface area contributed by atoms with Crippen molar-refractivity contribution in [2.75, 3.05) is 7.05 Å². The highest BCUT2D eigenvalue weighted by Crippen LogP contribution is 2.13. The van der Waals surface area contributed by atoms with Crippen molar-refractivity contribution in [3.63, 3.8) is 0 Å². The molecule has 0 aliphatic carbocycles. The van der Waals surface area contributed by atoms with Gasteiger partial charge in [0.1, 0.15) is 5.82 Å². The number of hydrogen-bond donors (Lipinski definition) is 1. The zero-order valence-corrected chi connectivity index (χ0v) is 13.7. The van der Waals surface area contributed by atoms with Gasteiger partial charge in [0, 0.05) is 17.5 Å². The average molecular weight is 317 g/mol. The van der Waals surface area contributed by atoms with Crippen molar-refractivity contribution >= 4 is 18.5 Å². The van der Waals surface area contributed by atoms with Gasteiger partial charge in [-0.2, -0.15) is 0 Å². The lowest BCUT2D eigenvalue weighted by molar-refractivity contribution is 0.0781. The van der Waals surface area contributed by atoms with E-state index >= 15 is 0 Å². The van der Waals surface area contributed by atoms with E-state index in [2.05, 4.69) is 22.6 Å². The van der Waals surface area contributed by atoms with Gasteiger partial charge in [-0.05, 0) is 32.0 Å². The maximum atomic E-state index is 12.3. The van der Waals surface area contributed by atoms with E-state index in [-0.39, 0.29) is 12.0 Å². The summed E-state index contributed by atoms with van der Waals surface area (Å²) in [7, 11) is 1.72. The first-order chi connectivity index (χ1) is 10.5. The number of nitrogens with zero attached hydrogens (tertiary/aromatic N) is 3. The zero-order valence-electron chi connectivity index (χ0n) is 12.9. The summed E-state index contributed by atoms with van der Waals surface area (Å²) in [6, 6.07) is 7.13. The Morgan fingerprint density at radius 2 is 2.00 bits per heavy atom. The maximum absolute atomic E-state index is 12.3. The third-order valence-corrected chi connectivity index (χ3v) is 3.15. The van der Waals surface area contributed by atoms with E-state index in [1.54, 1.807) is 42.5 Å². The van der Waals surface area contributed by atoms with Gasteiger partial charge in [0.05, 0.1) is 25.0 Å². The van der Waals surface area contributed by atoms with E-state index < -0.39 is 0 Å². The highest BCUT2D eigenvalue weighted by Gasteiger charge is 2.13. The van der Waals surface area contributed by atoms with Crippen LogP contribution in [0.3, 0.4) is 0 Å². The largest absolute Gasteiger partial charge is 0.488 e. The molecule has 22 heavy (non-hydrogen) atoms. The van der Waals surface area contributed by atoms with Gasteiger partial charge in [0.2, 0.25) is 0 Å². The normalized spacial score (nSPS) is 10.6. The van der Waals surface area contributed by atoms with E-state index in [0.29, 0.717) is 23.7 Å². The number of rotatable bonds is 5. The number of thiol groups is 1. The molecule has 0 saturated heterocycles. The first-order valence-electron chi connectivity index (χ1n) is 6.98. The van der Waals surface area contributed by atoms with Crippen molar-refractivity contribution in [2.45, 2.75) is 31.4 Å². The fraction of sp³-hybridized carbons (Fsp3) is 0.312. The van der Waals surface area contributed by atoms with Gasteiger partial charge in [0.15, 0.2) is 5.75 Å². The second kappa shape index (κ2) is 7.26. The van der Waals surface area contributed by atoms with E-state index in [9.17, 15) is 4.79 Å². The molecular weight excluding hydrogens is 298 g/mol. The van der Waals surface area contributed by atoms with Crippen LogP contribution in [0.25, 0.3) is 0 Å². The summed E-state index contributed by atoms with van der Waals surface area (Å²) in [5.41, 5.74) is 0.592. The number of carbonyl (C=O) groups excluding carboxylic acids is 1. The number of aromatic nitrogens is 2. The maximum Gasteiger partial charge on any atom is 0.254 e. The summed E-state index contributed by atoms with van der Waals surface area (Å²) < 4.78 is 5.49. The molecule has 0 saturated carbocycles. The van der Waals surface area contributed by atoms with Crippen molar-refractivity contribution in [3.05, 3.63) is 48.0 Å². The Morgan fingerprint density at radius 3 is 2.59 bits per heavy atom. The van der Waals surface area contributed by atoms with Crippen molar-refractivity contribution < 1.29 is 9.53 Å². The molecule has 1 heterocycles. The number of benzene rings is 1. The molecule has 0 fully saturated rings. The Bertz CT molecular complexity index is 644. The molecule has 0 aliphatic heterocycles. The van der Waals surface area contributed by atoms with Crippen molar-refractivity contribution in [2.24, 2.45) is 0 Å². The van der Waals surface area contributed by atoms with Crippen LogP contribution >= 0.6 is 12.6 Å². The van der Waals surface area contributed by atoms with Gasteiger partial charge in [-0.1, -0.05) is 6.07 Å². The predicted octanol–water partition coefficient (Wildman–Crippen LogP) is 2.82. The number of amides is 1. The highest BCUT2D eigenvalue weighted by atomic mass is 32.1. The molecule has 0 N–H and O–H groups in total. The first-order valence-corrected chi connectivity index (χ1v) is 7.42. The standard InChI is InChI=1S/C16H19N3O2S/c1-11(2)21-13-8-17-15(18-9-13)10-19(3)16(20)12-5-4-6-14(22)7-12/h4-9,11,22H,10H2,1-3H3.